The van der Waals surface area contributed by atoms with Gasteiger partial charge in [0.1, 0.15) is 5.78 Å². The first-order valence-electron chi connectivity index (χ1n) is 7.08. The van der Waals surface area contributed by atoms with Crippen LogP contribution >= 0.6 is 0 Å². The fourth-order valence-electron chi connectivity index (χ4n) is 2.81. The molecule has 0 saturated heterocycles. The van der Waals surface area contributed by atoms with E-state index in [0.717, 1.165) is 5.56 Å². The van der Waals surface area contributed by atoms with E-state index in [2.05, 4.69) is 0 Å². The van der Waals surface area contributed by atoms with Gasteiger partial charge in [0.15, 0.2) is 0 Å². The van der Waals surface area contributed by atoms with E-state index in [4.69, 9.17) is 5.73 Å². The Balaban J connectivity index is 1.81. The number of benzene rings is 1. The summed E-state index contributed by atoms with van der Waals surface area (Å²) >= 11 is 0. The monoisotopic (exact) mass is 245 g/mol. The van der Waals surface area contributed by atoms with E-state index in [9.17, 15) is 4.79 Å². The highest BCUT2D eigenvalue weighted by Gasteiger charge is 2.21. The van der Waals surface area contributed by atoms with Crippen LogP contribution in [0.3, 0.4) is 0 Å². The Kier molecular flexibility index (Phi) is 4.94. The Morgan fingerprint density at radius 1 is 1.17 bits per heavy atom. The van der Waals surface area contributed by atoms with Crippen molar-refractivity contribution in [3.05, 3.63) is 35.9 Å². The zero-order valence-electron chi connectivity index (χ0n) is 11.0. The van der Waals surface area contributed by atoms with Crippen LogP contribution in [0.25, 0.3) is 0 Å². The van der Waals surface area contributed by atoms with Gasteiger partial charge in [-0.15, -0.1) is 0 Å². The third kappa shape index (κ3) is 3.95. The molecule has 2 heteroatoms. The van der Waals surface area contributed by atoms with Gasteiger partial charge >= 0.3 is 0 Å². The predicted molar refractivity (Wildman–Crippen MR) is 74.3 cm³/mol. The summed E-state index contributed by atoms with van der Waals surface area (Å²) < 4.78 is 0. The van der Waals surface area contributed by atoms with Gasteiger partial charge in [0.05, 0.1) is 6.04 Å². The number of ketones is 1. The van der Waals surface area contributed by atoms with Crippen LogP contribution in [0.4, 0.5) is 0 Å². The lowest BCUT2D eigenvalue weighted by molar-refractivity contribution is -0.121. The van der Waals surface area contributed by atoms with E-state index in [-0.39, 0.29) is 11.8 Å². The second-order valence-corrected chi connectivity index (χ2v) is 5.47. The minimum atomic E-state index is -0.325. The van der Waals surface area contributed by atoms with Gasteiger partial charge in [0, 0.05) is 6.42 Å². The maximum absolute atomic E-state index is 12.1. The average Bonchev–Trinajstić information content (AvgIpc) is 2.41. The molecule has 1 atom stereocenters. The largest absolute Gasteiger partial charge is 0.321 e. The maximum atomic E-state index is 12.1. The van der Waals surface area contributed by atoms with Crippen LogP contribution in [0.1, 0.15) is 44.1 Å². The lowest BCUT2D eigenvalue weighted by Gasteiger charge is -2.22. The molecule has 0 aromatic heterocycles. The molecule has 0 radical (unpaired) electrons. The molecule has 98 valence electrons. The summed E-state index contributed by atoms with van der Waals surface area (Å²) in [5.41, 5.74) is 7.17. The molecule has 1 aliphatic carbocycles. The fourth-order valence-corrected chi connectivity index (χ4v) is 2.81. The Hall–Kier alpha value is -1.15. The topological polar surface area (TPSA) is 43.1 Å². The number of carbonyl (C=O) groups is 1. The summed E-state index contributed by atoms with van der Waals surface area (Å²) in [7, 11) is 0. The van der Waals surface area contributed by atoms with Crippen molar-refractivity contribution in [2.75, 3.05) is 0 Å². The van der Waals surface area contributed by atoms with Gasteiger partial charge in [-0.1, -0.05) is 62.4 Å². The van der Waals surface area contributed by atoms with Crippen molar-refractivity contribution >= 4 is 5.78 Å². The molecule has 2 nitrogen and oxygen atoms in total. The standard InChI is InChI=1S/C16H23NO/c17-15(11-13-7-3-1-4-8-13)16(18)12-14-9-5-2-6-10-14/h1,3-4,7-8,14-15H,2,5-6,9-12,17H2. The van der Waals surface area contributed by atoms with Crippen molar-refractivity contribution in [1.29, 1.82) is 0 Å². The first-order chi connectivity index (χ1) is 8.75. The van der Waals surface area contributed by atoms with Crippen molar-refractivity contribution in [2.45, 2.75) is 51.0 Å². The zero-order chi connectivity index (χ0) is 12.8. The van der Waals surface area contributed by atoms with Gasteiger partial charge in [-0.25, -0.2) is 0 Å². The van der Waals surface area contributed by atoms with Crippen LogP contribution in [0.15, 0.2) is 30.3 Å². The summed E-state index contributed by atoms with van der Waals surface area (Å²) in [4.78, 5) is 12.1. The molecule has 18 heavy (non-hydrogen) atoms. The maximum Gasteiger partial charge on any atom is 0.150 e. The summed E-state index contributed by atoms with van der Waals surface area (Å²) in [5.74, 6) is 0.832. The summed E-state index contributed by atoms with van der Waals surface area (Å²) in [6.07, 6.45) is 7.69. The average molecular weight is 245 g/mol. The number of hydrogen-bond acceptors (Lipinski definition) is 2. The first-order valence-corrected chi connectivity index (χ1v) is 7.08. The molecular formula is C16H23NO. The molecule has 1 aliphatic rings. The summed E-state index contributed by atoms with van der Waals surface area (Å²) in [6.45, 7) is 0. The lowest BCUT2D eigenvalue weighted by Crippen LogP contribution is -2.34. The summed E-state index contributed by atoms with van der Waals surface area (Å²) in [6, 6.07) is 9.72. The molecule has 1 fully saturated rings. The quantitative estimate of drug-likeness (QED) is 0.866. The molecule has 0 amide bonds. The van der Waals surface area contributed by atoms with Crippen LogP contribution < -0.4 is 5.73 Å². The molecule has 0 bridgehead atoms. The highest BCUT2D eigenvalue weighted by atomic mass is 16.1. The number of nitrogens with two attached hydrogens (primary N) is 1. The van der Waals surface area contributed by atoms with E-state index in [0.29, 0.717) is 18.8 Å². The number of rotatable bonds is 5. The van der Waals surface area contributed by atoms with Crippen molar-refractivity contribution in [3.8, 4) is 0 Å². The first kappa shape index (κ1) is 13.3. The molecule has 0 heterocycles. The highest BCUT2D eigenvalue weighted by molar-refractivity contribution is 5.84. The molecule has 1 aromatic carbocycles. The number of carbonyl (C=O) groups excluding carboxylic acids is 1. The minimum absolute atomic E-state index is 0.241. The van der Waals surface area contributed by atoms with Gasteiger partial charge in [-0.2, -0.15) is 0 Å². The van der Waals surface area contributed by atoms with Crippen LogP contribution in [-0.2, 0) is 11.2 Å². The van der Waals surface area contributed by atoms with Gasteiger partial charge in [-0.05, 0) is 17.9 Å². The Bertz CT molecular complexity index is 368. The van der Waals surface area contributed by atoms with Crippen LogP contribution in [0.5, 0.6) is 0 Å². The third-order valence-electron chi connectivity index (χ3n) is 3.93. The van der Waals surface area contributed by atoms with Crippen LogP contribution in [0.2, 0.25) is 0 Å². The molecule has 2 N–H and O–H groups in total. The Morgan fingerprint density at radius 3 is 2.50 bits per heavy atom. The fraction of sp³-hybridized carbons (Fsp3) is 0.562. The number of Topliss-reactive ketones (excluding diaryl/α,β-unsaturated/α-hetero) is 1. The van der Waals surface area contributed by atoms with Gasteiger partial charge < -0.3 is 5.73 Å². The Morgan fingerprint density at radius 2 is 1.83 bits per heavy atom. The predicted octanol–water partition coefficient (Wildman–Crippen LogP) is 3.10. The van der Waals surface area contributed by atoms with E-state index < -0.39 is 0 Å². The van der Waals surface area contributed by atoms with E-state index in [1.807, 2.05) is 30.3 Å². The second kappa shape index (κ2) is 6.69. The molecular weight excluding hydrogens is 222 g/mol. The SMILES string of the molecule is NC(Cc1ccccc1)C(=O)CC1CCCCC1. The van der Waals surface area contributed by atoms with E-state index >= 15 is 0 Å². The van der Waals surface area contributed by atoms with Crippen molar-refractivity contribution in [3.63, 3.8) is 0 Å². The molecule has 0 spiro atoms. The van der Waals surface area contributed by atoms with Gasteiger partial charge in [-0.3, -0.25) is 4.79 Å². The Labute approximate surface area is 110 Å². The van der Waals surface area contributed by atoms with Crippen molar-refractivity contribution in [1.82, 2.24) is 0 Å². The lowest BCUT2D eigenvalue weighted by atomic mass is 9.84. The van der Waals surface area contributed by atoms with Crippen molar-refractivity contribution < 1.29 is 4.79 Å². The second-order valence-electron chi connectivity index (χ2n) is 5.47. The highest BCUT2D eigenvalue weighted by Crippen LogP contribution is 2.26. The zero-order valence-corrected chi connectivity index (χ0v) is 11.0. The molecule has 1 unspecified atom stereocenters. The smallest absolute Gasteiger partial charge is 0.150 e. The molecule has 1 aromatic rings. The summed E-state index contributed by atoms with van der Waals surface area (Å²) in [5, 5.41) is 0. The molecule has 2 rings (SSSR count). The third-order valence-corrected chi connectivity index (χ3v) is 3.93. The molecule has 0 aliphatic heterocycles. The van der Waals surface area contributed by atoms with Crippen LogP contribution in [-0.4, -0.2) is 11.8 Å². The minimum Gasteiger partial charge on any atom is -0.321 e. The van der Waals surface area contributed by atoms with Crippen molar-refractivity contribution in [2.24, 2.45) is 11.7 Å². The van der Waals surface area contributed by atoms with E-state index in [1.54, 1.807) is 0 Å². The van der Waals surface area contributed by atoms with Gasteiger partial charge in [0.2, 0.25) is 0 Å². The van der Waals surface area contributed by atoms with E-state index in [1.165, 1.54) is 32.1 Å². The van der Waals surface area contributed by atoms with Gasteiger partial charge in [0.25, 0.3) is 0 Å². The van der Waals surface area contributed by atoms with Crippen LogP contribution in [0, 0.1) is 5.92 Å². The normalized spacial score (nSPS) is 18.5. The molecule has 1 saturated carbocycles. The number of hydrogen-bond donors (Lipinski definition) is 1.